The standard InChI is InChI=1S/C15H25N3/c1-3-18(11-14-6-4-5-9-17-14)15(12-16)8-7-13(2)10-15/h4-6,9,13H,3,7-8,10-12,16H2,1-2H3. The summed E-state index contributed by atoms with van der Waals surface area (Å²) in [6.45, 7) is 7.29. The molecule has 0 spiro atoms. The van der Waals surface area contributed by atoms with Gasteiger partial charge >= 0.3 is 0 Å². The van der Waals surface area contributed by atoms with Crippen LogP contribution in [-0.2, 0) is 6.54 Å². The van der Waals surface area contributed by atoms with Gasteiger partial charge < -0.3 is 5.73 Å². The summed E-state index contributed by atoms with van der Waals surface area (Å²) in [6, 6.07) is 6.13. The minimum absolute atomic E-state index is 0.200. The molecule has 0 saturated heterocycles. The van der Waals surface area contributed by atoms with Crippen molar-refractivity contribution in [1.29, 1.82) is 0 Å². The summed E-state index contributed by atoms with van der Waals surface area (Å²) in [5, 5.41) is 0. The van der Waals surface area contributed by atoms with Crippen LogP contribution in [0.25, 0.3) is 0 Å². The van der Waals surface area contributed by atoms with Crippen LogP contribution in [0.2, 0.25) is 0 Å². The van der Waals surface area contributed by atoms with Crippen LogP contribution in [0, 0.1) is 5.92 Å². The molecule has 1 fully saturated rings. The fraction of sp³-hybridized carbons (Fsp3) is 0.667. The molecule has 1 aliphatic carbocycles. The number of pyridine rings is 1. The molecular weight excluding hydrogens is 222 g/mol. The minimum Gasteiger partial charge on any atom is -0.329 e. The smallest absolute Gasteiger partial charge is 0.0544 e. The molecule has 1 aromatic heterocycles. The highest BCUT2D eigenvalue weighted by Crippen LogP contribution is 2.38. The van der Waals surface area contributed by atoms with E-state index in [9.17, 15) is 0 Å². The molecule has 3 nitrogen and oxygen atoms in total. The van der Waals surface area contributed by atoms with Crippen molar-refractivity contribution in [2.45, 2.75) is 45.2 Å². The van der Waals surface area contributed by atoms with Gasteiger partial charge in [0.15, 0.2) is 0 Å². The number of aromatic nitrogens is 1. The predicted octanol–water partition coefficient (Wildman–Crippen LogP) is 2.42. The topological polar surface area (TPSA) is 42.2 Å². The third kappa shape index (κ3) is 2.73. The highest BCUT2D eigenvalue weighted by Gasteiger charge is 2.40. The van der Waals surface area contributed by atoms with E-state index in [1.807, 2.05) is 12.3 Å². The van der Waals surface area contributed by atoms with Gasteiger partial charge in [0.2, 0.25) is 0 Å². The summed E-state index contributed by atoms with van der Waals surface area (Å²) < 4.78 is 0. The van der Waals surface area contributed by atoms with Gasteiger partial charge in [0, 0.05) is 24.8 Å². The largest absolute Gasteiger partial charge is 0.329 e. The molecule has 2 unspecified atom stereocenters. The van der Waals surface area contributed by atoms with Gasteiger partial charge in [0.1, 0.15) is 0 Å². The van der Waals surface area contributed by atoms with Crippen molar-refractivity contribution in [3.8, 4) is 0 Å². The van der Waals surface area contributed by atoms with Gasteiger partial charge in [-0.2, -0.15) is 0 Å². The average molecular weight is 247 g/mol. The summed E-state index contributed by atoms with van der Waals surface area (Å²) in [7, 11) is 0. The highest BCUT2D eigenvalue weighted by atomic mass is 15.2. The maximum absolute atomic E-state index is 6.10. The molecular formula is C15H25N3. The zero-order valence-corrected chi connectivity index (χ0v) is 11.6. The van der Waals surface area contributed by atoms with Crippen LogP contribution in [0.15, 0.2) is 24.4 Å². The second-order valence-corrected chi connectivity index (χ2v) is 5.61. The average Bonchev–Trinajstić information content (AvgIpc) is 2.80. The lowest BCUT2D eigenvalue weighted by molar-refractivity contribution is 0.0922. The third-order valence-corrected chi connectivity index (χ3v) is 4.34. The van der Waals surface area contributed by atoms with Gasteiger partial charge in [-0.25, -0.2) is 0 Å². The Balaban J connectivity index is 2.12. The molecule has 100 valence electrons. The summed E-state index contributed by atoms with van der Waals surface area (Å²) in [5.74, 6) is 0.798. The Morgan fingerprint density at radius 1 is 1.50 bits per heavy atom. The predicted molar refractivity (Wildman–Crippen MR) is 75.1 cm³/mol. The van der Waals surface area contributed by atoms with E-state index in [1.165, 1.54) is 19.3 Å². The summed E-state index contributed by atoms with van der Waals surface area (Å²) >= 11 is 0. The molecule has 2 N–H and O–H groups in total. The SMILES string of the molecule is CCN(Cc1ccccn1)C1(CN)CCC(C)C1. The molecule has 1 aliphatic rings. The van der Waals surface area contributed by atoms with Crippen molar-refractivity contribution in [2.24, 2.45) is 11.7 Å². The number of nitrogens with zero attached hydrogens (tertiary/aromatic N) is 2. The van der Waals surface area contributed by atoms with Crippen LogP contribution < -0.4 is 5.73 Å². The molecule has 18 heavy (non-hydrogen) atoms. The molecule has 0 aromatic carbocycles. The lowest BCUT2D eigenvalue weighted by atomic mass is 9.93. The van der Waals surface area contributed by atoms with Crippen molar-refractivity contribution in [3.05, 3.63) is 30.1 Å². The first-order valence-corrected chi connectivity index (χ1v) is 7.05. The number of hydrogen-bond donors (Lipinski definition) is 1. The van der Waals surface area contributed by atoms with Crippen molar-refractivity contribution in [1.82, 2.24) is 9.88 Å². The van der Waals surface area contributed by atoms with Crippen molar-refractivity contribution < 1.29 is 0 Å². The Labute approximate surface area is 110 Å². The van der Waals surface area contributed by atoms with Gasteiger partial charge in [-0.15, -0.1) is 0 Å². The maximum Gasteiger partial charge on any atom is 0.0544 e. The first-order chi connectivity index (χ1) is 8.70. The van der Waals surface area contributed by atoms with Gasteiger partial charge in [-0.05, 0) is 43.9 Å². The number of likely N-dealkylation sites (N-methyl/N-ethyl adjacent to an activating group) is 1. The van der Waals surface area contributed by atoms with Crippen LogP contribution in [-0.4, -0.2) is 28.5 Å². The van der Waals surface area contributed by atoms with Gasteiger partial charge in [-0.1, -0.05) is 19.9 Å². The van der Waals surface area contributed by atoms with E-state index < -0.39 is 0 Å². The van der Waals surface area contributed by atoms with E-state index >= 15 is 0 Å². The number of rotatable bonds is 5. The molecule has 0 bridgehead atoms. The molecule has 0 aliphatic heterocycles. The van der Waals surface area contributed by atoms with Crippen LogP contribution in [0.1, 0.15) is 38.8 Å². The van der Waals surface area contributed by atoms with Crippen molar-refractivity contribution >= 4 is 0 Å². The van der Waals surface area contributed by atoms with E-state index in [0.29, 0.717) is 0 Å². The summed E-state index contributed by atoms with van der Waals surface area (Å²) in [5.41, 5.74) is 7.44. The monoisotopic (exact) mass is 247 g/mol. The van der Waals surface area contributed by atoms with Gasteiger partial charge in [0.05, 0.1) is 5.69 Å². The van der Waals surface area contributed by atoms with E-state index in [2.05, 4.69) is 35.9 Å². The first-order valence-electron chi connectivity index (χ1n) is 7.05. The molecule has 0 amide bonds. The molecule has 2 atom stereocenters. The number of hydrogen-bond acceptors (Lipinski definition) is 3. The van der Waals surface area contributed by atoms with Gasteiger partial charge in [0.25, 0.3) is 0 Å². The Bertz CT molecular complexity index is 365. The quantitative estimate of drug-likeness (QED) is 0.869. The molecule has 3 heteroatoms. The Morgan fingerprint density at radius 3 is 2.83 bits per heavy atom. The Kier molecular flexibility index (Phi) is 4.36. The summed E-state index contributed by atoms with van der Waals surface area (Å²) in [4.78, 5) is 6.97. The number of nitrogens with two attached hydrogens (primary N) is 1. The Hall–Kier alpha value is -0.930. The Morgan fingerprint density at radius 2 is 2.33 bits per heavy atom. The zero-order valence-electron chi connectivity index (χ0n) is 11.6. The van der Waals surface area contributed by atoms with E-state index in [1.54, 1.807) is 0 Å². The maximum atomic E-state index is 6.10. The first kappa shape index (κ1) is 13.5. The van der Waals surface area contributed by atoms with Gasteiger partial charge in [-0.3, -0.25) is 9.88 Å². The second kappa shape index (κ2) is 5.81. The lowest BCUT2D eigenvalue weighted by Crippen LogP contribution is -2.51. The fourth-order valence-corrected chi connectivity index (χ4v) is 3.27. The van der Waals surface area contributed by atoms with Crippen molar-refractivity contribution in [2.75, 3.05) is 13.1 Å². The minimum atomic E-state index is 0.200. The second-order valence-electron chi connectivity index (χ2n) is 5.61. The van der Waals surface area contributed by atoms with E-state index in [-0.39, 0.29) is 5.54 Å². The summed E-state index contributed by atoms with van der Waals surface area (Å²) in [6.07, 6.45) is 5.63. The van der Waals surface area contributed by atoms with Crippen LogP contribution in [0.3, 0.4) is 0 Å². The molecule has 1 heterocycles. The normalized spacial score (nSPS) is 27.9. The lowest BCUT2D eigenvalue weighted by Gasteiger charge is -2.40. The molecule has 1 saturated carbocycles. The van der Waals surface area contributed by atoms with E-state index in [4.69, 9.17) is 5.73 Å². The molecule has 0 radical (unpaired) electrons. The fourth-order valence-electron chi connectivity index (χ4n) is 3.27. The third-order valence-electron chi connectivity index (χ3n) is 4.34. The molecule has 1 aromatic rings. The van der Waals surface area contributed by atoms with Crippen molar-refractivity contribution in [3.63, 3.8) is 0 Å². The van der Waals surface area contributed by atoms with E-state index in [0.717, 1.165) is 31.2 Å². The van der Waals surface area contributed by atoms with Crippen LogP contribution >= 0.6 is 0 Å². The molecule has 2 rings (SSSR count). The zero-order chi connectivity index (χ0) is 13.0. The van der Waals surface area contributed by atoms with Crippen LogP contribution in [0.5, 0.6) is 0 Å². The van der Waals surface area contributed by atoms with Crippen LogP contribution in [0.4, 0.5) is 0 Å². The highest BCUT2D eigenvalue weighted by molar-refractivity contribution is 5.06.